The van der Waals surface area contributed by atoms with Crippen molar-refractivity contribution in [3.63, 3.8) is 0 Å². The number of benzene rings is 2. The van der Waals surface area contributed by atoms with Gasteiger partial charge in [0.15, 0.2) is 11.6 Å². The van der Waals surface area contributed by atoms with Crippen LogP contribution in [0, 0.1) is 12.7 Å². The molecule has 0 atom stereocenters. The molecule has 2 rings (SSSR count). The summed E-state index contributed by atoms with van der Waals surface area (Å²) < 4.78 is 42.8. The fraction of sp³-hybridized carbons (Fsp3) is 0.0769. The molecule has 0 aliphatic heterocycles. The highest BCUT2D eigenvalue weighted by molar-refractivity contribution is 9.10. The fourth-order valence-corrected chi connectivity index (χ4v) is 2.93. The minimum atomic E-state index is -3.95. The van der Waals surface area contributed by atoms with E-state index in [1.807, 2.05) is 0 Å². The molecule has 112 valence electrons. The Morgan fingerprint density at radius 2 is 1.86 bits per heavy atom. The molecule has 0 fully saturated rings. The van der Waals surface area contributed by atoms with Gasteiger partial charge in [0.25, 0.3) is 0 Å². The third kappa shape index (κ3) is 3.52. The van der Waals surface area contributed by atoms with Gasteiger partial charge in [0.2, 0.25) is 10.0 Å². The largest absolute Gasteiger partial charge is 0.454 e. The van der Waals surface area contributed by atoms with E-state index in [1.165, 1.54) is 37.3 Å². The van der Waals surface area contributed by atoms with Crippen molar-refractivity contribution in [3.8, 4) is 11.5 Å². The minimum absolute atomic E-state index is 0.0570. The zero-order valence-corrected chi connectivity index (χ0v) is 13.3. The number of anilines is 1. The van der Waals surface area contributed by atoms with Gasteiger partial charge >= 0.3 is 0 Å². The molecule has 0 spiro atoms. The summed E-state index contributed by atoms with van der Waals surface area (Å²) in [5, 5.41) is 5.12. The van der Waals surface area contributed by atoms with E-state index in [4.69, 9.17) is 15.6 Å². The number of sulfonamides is 1. The lowest BCUT2D eigenvalue weighted by molar-refractivity contribution is 0.438. The summed E-state index contributed by atoms with van der Waals surface area (Å²) in [5.41, 5.74) is 6.05. The number of rotatable bonds is 3. The third-order valence-electron chi connectivity index (χ3n) is 2.75. The van der Waals surface area contributed by atoms with Gasteiger partial charge in [-0.15, -0.1) is 0 Å². The van der Waals surface area contributed by atoms with Crippen LogP contribution in [-0.4, -0.2) is 8.42 Å². The molecule has 0 saturated heterocycles. The molecule has 2 aromatic carbocycles. The van der Waals surface area contributed by atoms with E-state index in [0.29, 0.717) is 4.47 Å². The Kier molecular flexibility index (Phi) is 4.22. The average Bonchev–Trinajstić information content (AvgIpc) is 2.36. The molecule has 4 N–H and O–H groups in total. The Morgan fingerprint density at radius 3 is 2.48 bits per heavy atom. The molecule has 0 aliphatic carbocycles. The van der Waals surface area contributed by atoms with Crippen molar-refractivity contribution in [2.24, 2.45) is 5.14 Å². The maximum Gasteiger partial charge on any atom is 0.238 e. The van der Waals surface area contributed by atoms with Crippen LogP contribution in [0.2, 0.25) is 0 Å². The van der Waals surface area contributed by atoms with Crippen LogP contribution >= 0.6 is 15.9 Å². The Bertz CT molecular complexity index is 809. The number of nitrogens with two attached hydrogens (primary N) is 2. The molecular weight excluding hydrogens is 363 g/mol. The number of halogens is 2. The van der Waals surface area contributed by atoms with E-state index in [2.05, 4.69) is 15.9 Å². The third-order valence-corrected chi connectivity index (χ3v) is 4.28. The normalized spacial score (nSPS) is 11.4. The van der Waals surface area contributed by atoms with E-state index < -0.39 is 15.8 Å². The first kappa shape index (κ1) is 15.7. The van der Waals surface area contributed by atoms with E-state index in [1.54, 1.807) is 0 Å². The van der Waals surface area contributed by atoms with Gasteiger partial charge in [-0.25, -0.2) is 17.9 Å². The van der Waals surface area contributed by atoms with Gasteiger partial charge < -0.3 is 10.5 Å². The fourth-order valence-electron chi connectivity index (χ4n) is 1.76. The highest BCUT2D eigenvalue weighted by Crippen LogP contribution is 2.33. The van der Waals surface area contributed by atoms with Crippen molar-refractivity contribution < 1.29 is 17.5 Å². The van der Waals surface area contributed by atoms with Crippen LogP contribution < -0.4 is 15.6 Å². The lowest BCUT2D eigenvalue weighted by atomic mass is 10.2. The molecule has 5 nitrogen and oxygen atoms in total. The first-order chi connectivity index (χ1) is 9.68. The summed E-state index contributed by atoms with van der Waals surface area (Å²) in [6, 6.07) is 6.81. The zero-order valence-electron chi connectivity index (χ0n) is 10.9. The molecule has 0 radical (unpaired) electrons. The van der Waals surface area contributed by atoms with Crippen LogP contribution in [-0.2, 0) is 10.0 Å². The van der Waals surface area contributed by atoms with Crippen molar-refractivity contribution in [1.82, 2.24) is 0 Å². The highest BCUT2D eigenvalue weighted by Gasteiger charge is 2.17. The van der Waals surface area contributed by atoms with Crippen molar-refractivity contribution in [3.05, 3.63) is 46.2 Å². The van der Waals surface area contributed by atoms with E-state index >= 15 is 0 Å². The van der Waals surface area contributed by atoms with Crippen LogP contribution in [0.15, 0.2) is 39.7 Å². The Labute approximate surface area is 129 Å². The SMILES string of the molecule is Cc1c(Oc2cc(Br)ccc2F)cc(N)cc1S(N)(=O)=O. The molecule has 2 aromatic rings. The average molecular weight is 375 g/mol. The van der Waals surface area contributed by atoms with Crippen LogP contribution in [0.4, 0.5) is 10.1 Å². The molecule has 0 bridgehead atoms. The van der Waals surface area contributed by atoms with Crippen LogP contribution in [0.1, 0.15) is 5.56 Å². The van der Waals surface area contributed by atoms with Gasteiger partial charge in [-0.2, -0.15) is 0 Å². The van der Waals surface area contributed by atoms with Gasteiger partial charge in [0, 0.05) is 21.8 Å². The molecule has 0 saturated carbocycles. The number of hydrogen-bond donors (Lipinski definition) is 2. The maximum absolute atomic E-state index is 13.7. The van der Waals surface area contributed by atoms with Crippen LogP contribution in [0.3, 0.4) is 0 Å². The second-order valence-electron chi connectivity index (χ2n) is 4.36. The smallest absolute Gasteiger partial charge is 0.238 e. The van der Waals surface area contributed by atoms with Gasteiger partial charge in [0.05, 0.1) is 4.90 Å². The number of ether oxygens (including phenoxy) is 1. The monoisotopic (exact) mass is 374 g/mol. The molecule has 0 aromatic heterocycles. The second kappa shape index (κ2) is 5.63. The van der Waals surface area contributed by atoms with Crippen molar-refractivity contribution in [1.29, 1.82) is 0 Å². The molecular formula is C13H12BrFN2O3S. The lowest BCUT2D eigenvalue weighted by Crippen LogP contribution is -2.14. The van der Waals surface area contributed by atoms with Crippen LogP contribution in [0.25, 0.3) is 0 Å². The molecule has 0 heterocycles. The summed E-state index contributed by atoms with van der Waals surface area (Å²) in [6.45, 7) is 1.50. The topological polar surface area (TPSA) is 95.4 Å². The molecule has 21 heavy (non-hydrogen) atoms. The summed E-state index contributed by atoms with van der Waals surface area (Å²) in [6.07, 6.45) is 0. The summed E-state index contributed by atoms with van der Waals surface area (Å²) >= 11 is 3.20. The van der Waals surface area contributed by atoms with Gasteiger partial charge in [-0.05, 0) is 31.2 Å². The van der Waals surface area contributed by atoms with Crippen molar-refractivity contribution in [2.75, 3.05) is 5.73 Å². The molecule has 0 unspecified atom stereocenters. The Balaban J connectivity index is 2.55. The molecule has 0 aliphatic rings. The minimum Gasteiger partial charge on any atom is -0.454 e. The van der Waals surface area contributed by atoms with E-state index in [0.717, 1.165) is 0 Å². The van der Waals surface area contributed by atoms with E-state index in [9.17, 15) is 12.8 Å². The maximum atomic E-state index is 13.7. The number of hydrogen-bond acceptors (Lipinski definition) is 4. The predicted octanol–water partition coefficient (Wildman–Crippen LogP) is 2.92. The standard InChI is InChI=1S/C13H12BrFN2O3S/c1-7-11(5-9(16)6-13(7)21(17,18)19)20-12-4-8(14)2-3-10(12)15/h2-6H,16H2,1H3,(H2,17,18,19). The first-order valence-corrected chi connectivity index (χ1v) is 8.08. The van der Waals surface area contributed by atoms with Gasteiger partial charge in [-0.1, -0.05) is 15.9 Å². The molecule has 0 amide bonds. The number of primary sulfonamides is 1. The second-order valence-corrected chi connectivity index (χ2v) is 6.81. The highest BCUT2D eigenvalue weighted by atomic mass is 79.9. The summed E-state index contributed by atoms with van der Waals surface area (Å²) in [4.78, 5) is -0.159. The molecule has 8 heteroatoms. The van der Waals surface area contributed by atoms with Crippen LogP contribution in [0.5, 0.6) is 11.5 Å². The summed E-state index contributed by atoms with van der Waals surface area (Å²) in [5.74, 6) is -0.522. The Morgan fingerprint density at radius 1 is 1.19 bits per heavy atom. The Hall–Kier alpha value is -1.64. The lowest BCUT2D eigenvalue weighted by Gasteiger charge is -2.13. The quantitative estimate of drug-likeness (QED) is 0.807. The summed E-state index contributed by atoms with van der Waals surface area (Å²) in [7, 11) is -3.95. The van der Waals surface area contributed by atoms with Gasteiger partial charge in [0.1, 0.15) is 5.75 Å². The first-order valence-electron chi connectivity index (χ1n) is 5.74. The van der Waals surface area contributed by atoms with Crippen molar-refractivity contribution >= 4 is 31.6 Å². The van der Waals surface area contributed by atoms with E-state index in [-0.39, 0.29) is 27.6 Å². The van der Waals surface area contributed by atoms with Crippen molar-refractivity contribution in [2.45, 2.75) is 11.8 Å². The number of nitrogen functional groups attached to an aromatic ring is 1. The predicted molar refractivity (Wildman–Crippen MR) is 81.1 cm³/mol. The zero-order chi connectivity index (χ0) is 15.8. The van der Waals surface area contributed by atoms with Gasteiger partial charge in [-0.3, -0.25) is 0 Å².